The van der Waals surface area contributed by atoms with Crippen molar-refractivity contribution in [2.75, 3.05) is 31.3 Å². The average Bonchev–Trinajstić information content (AvgIpc) is 2.33. The Hall–Kier alpha value is 0.270. The summed E-state index contributed by atoms with van der Waals surface area (Å²) in [5.41, 5.74) is 0.171. The van der Waals surface area contributed by atoms with Gasteiger partial charge in [-0.2, -0.15) is 4.72 Å². The summed E-state index contributed by atoms with van der Waals surface area (Å²) in [6.45, 7) is 1.08. The van der Waals surface area contributed by atoms with Gasteiger partial charge in [0.2, 0.25) is 10.0 Å². The zero-order chi connectivity index (χ0) is 9.95. The van der Waals surface area contributed by atoms with Crippen LogP contribution in [0.4, 0.5) is 4.39 Å². The van der Waals surface area contributed by atoms with E-state index in [0.29, 0.717) is 0 Å². The maximum Gasteiger partial charge on any atom is 0.248 e. The molecule has 6 heteroatoms. The molecule has 0 spiro atoms. The van der Waals surface area contributed by atoms with Crippen molar-refractivity contribution >= 4 is 17.3 Å². The van der Waals surface area contributed by atoms with Crippen LogP contribution in [-0.2, 0) is 10.0 Å². The summed E-state index contributed by atoms with van der Waals surface area (Å²) in [5.74, 6) is 0. The van der Waals surface area contributed by atoms with Crippen molar-refractivity contribution in [1.82, 2.24) is 4.72 Å². The molecule has 1 aliphatic rings. The number of hydrogen-bond acceptors (Lipinski definition) is 2. The summed E-state index contributed by atoms with van der Waals surface area (Å²) in [5, 5.41) is 0. The molecular formula is C7H16FNO2PS+. The highest BCUT2D eigenvalue weighted by atomic mass is 32.2. The van der Waals surface area contributed by atoms with Crippen LogP contribution in [0.1, 0.15) is 12.8 Å². The van der Waals surface area contributed by atoms with Gasteiger partial charge in [-0.1, -0.05) is 0 Å². The van der Waals surface area contributed by atoms with Crippen molar-refractivity contribution in [3.63, 3.8) is 0 Å². The van der Waals surface area contributed by atoms with Gasteiger partial charge in [-0.15, -0.1) is 0 Å². The van der Waals surface area contributed by atoms with Crippen LogP contribution in [0.5, 0.6) is 0 Å². The molecule has 3 nitrogen and oxygen atoms in total. The van der Waals surface area contributed by atoms with E-state index in [2.05, 4.69) is 6.66 Å². The second-order valence-electron chi connectivity index (χ2n) is 3.80. The molecule has 1 heterocycles. The summed E-state index contributed by atoms with van der Waals surface area (Å²) in [6, 6.07) is 0. The first-order valence-electron chi connectivity index (χ1n) is 4.34. The predicted octanol–water partition coefficient (Wildman–Crippen LogP) is 1.23. The minimum absolute atomic E-state index is 0.171. The number of halogens is 1. The SMILES string of the molecule is C[P+]1(CS(=O)(=O)NCF)CCCC1. The topological polar surface area (TPSA) is 46.2 Å². The highest BCUT2D eigenvalue weighted by Crippen LogP contribution is 2.60. The molecule has 1 N–H and O–H groups in total. The quantitative estimate of drug-likeness (QED) is 0.581. The third-order valence-electron chi connectivity index (χ3n) is 2.40. The zero-order valence-electron chi connectivity index (χ0n) is 7.79. The Morgan fingerprint density at radius 1 is 1.38 bits per heavy atom. The molecular weight excluding hydrogens is 212 g/mol. The molecule has 0 aromatic heterocycles. The molecule has 0 bridgehead atoms. The molecule has 0 aliphatic carbocycles. The number of sulfonamides is 1. The van der Waals surface area contributed by atoms with Crippen molar-refractivity contribution in [3.05, 3.63) is 0 Å². The van der Waals surface area contributed by atoms with E-state index in [9.17, 15) is 12.8 Å². The first-order chi connectivity index (χ1) is 5.97. The molecule has 13 heavy (non-hydrogen) atoms. The Kier molecular flexibility index (Phi) is 3.66. The van der Waals surface area contributed by atoms with Crippen molar-refractivity contribution in [1.29, 1.82) is 0 Å². The van der Waals surface area contributed by atoms with Gasteiger partial charge < -0.3 is 0 Å². The maximum absolute atomic E-state index is 11.8. The number of alkyl halides is 1. The van der Waals surface area contributed by atoms with Gasteiger partial charge in [0.1, 0.15) is 0 Å². The highest BCUT2D eigenvalue weighted by molar-refractivity contribution is 8.00. The predicted molar refractivity (Wildman–Crippen MR) is 54.7 cm³/mol. The van der Waals surface area contributed by atoms with Gasteiger partial charge in [0, 0.05) is 13.9 Å². The maximum atomic E-state index is 11.8. The van der Waals surface area contributed by atoms with Crippen LogP contribution in [0.3, 0.4) is 0 Å². The van der Waals surface area contributed by atoms with Crippen LogP contribution in [-0.4, -0.2) is 39.7 Å². The summed E-state index contributed by atoms with van der Waals surface area (Å²) in [7, 11) is -4.64. The van der Waals surface area contributed by atoms with E-state index in [0.717, 1.165) is 25.2 Å². The normalized spacial score (nSPS) is 22.0. The third-order valence-corrected chi connectivity index (χ3v) is 9.60. The zero-order valence-corrected chi connectivity index (χ0v) is 9.50. The van der Waals surface area contributed by atoms with E-state index in [1.165, 1.54) is 0 Å². The molecule has 1 rings (SSSR count). The molecule has 1 saturated heterocycles. The second-order valence-corrected chi connectivity index (χ2v) is 10.5. The minimum Gasteiger partial charge on any atom is -0.233 e. The van der Waals surface area contributed by atoms with Crippen LogP contribution in [0.2, 0.25) is 0 Å². The lowest BCUT2D eigenvalue weighted by Crippen LogP contribution is -2.27. The van der Waals surface area contributed by atoms with Gasteiger partial charge in [0.15, 0.2) is 12.3 Å². The Labute approximate surface area is 79.5 Å². The molecule has 0 atom stereocenters. The first kappa shape index (κ1) is 11.3. The van der Waals surface area contributed by atoms with E-state index in [1.807, 2.05) is 4.72 Å². The molecule has 1 aliphatic heterocycles. The van der Waals surface area contributed by atoms with Gasteiger partial charge in [0.25, 0.3) is 0 Å². The standard InChI is InChI=1S/C7H16FNO2PS/c1-12(4-2-3-5-12)7-13(10,11)9-6-8/h9H,2-7H2,1H3/q+1. The van der Waals surface area contributed by atoms with Crippen molar-refractivity contribution in [2.45, 2.75) is 12.8 Å². The third kappa shape index (κ3) is 3.49. The van der Waals surface area contributed by atoms with Gasteiger partial charge in [-0.25, -0.2) is 12.8 Å². The fourth-order valence-corrected chi connectivity index (χ4v) is 8.81. The van der Waals surface area contributed by atoms with Crippen LogP contribution in [0.15, 0.2) is 0 Å². The number of hydrogen-bond donors (Lipinski definition) is 1. The Morgan fingerprint density at radius 2 is 1.92 bits per heavy atom. The van der Waals surface area contributed by atoms with E-state index in [1.54, 1.807) is 0 Å². The number of rotatable bonds is 4. The van der Waals surface area contributed by atoms with Crippen LogP contribution >= 0.6 is 7.26 Å². The Bertz CT molecular complexity index is 262. The van der Waals surface area contributed by atoms with Crippen LogP contribution in [0, 0.1) is 0 Å². The molecule has 0 aromatic rings. The van der Waals surface area contributed by atoms with Crippen molar-refractivity contribution in [2.24, 2.45) is 0 Å². The minimum atomic E-state index is -3.35. The van der Waals surface area contributed by atoms with Gasteiger partial charge in [-0.05, 0) is 12.8 Å². The van der Waals surface area contributed by atoms with E-state index in [4.69, 9.17) is 0 Å². The summed E-state index contributed by atoms with van der Waals surface area (Å²) >= 11 is 0. The molecule has 1 fully saturated rings. The summed E-state index contributed by atoms with van der Waals surface area (Å²) < 4.78 is 36.3. The van der Waals surface area contributed by atoms with Crippen LogP contribution in [0.25, 0.3) is 0 Å². The van der Waals surface area contributed by atoms with Crippen LogP contribution < -0.4 is 4.72 Å². The molecule has 78 valence electrons. The van der Waals surface area contributed by atoms with Gasteiger partial charge in [0.05, 0.1) is 12.3 Å². The van der Waals surface area contributed by atoms with Crippen molar-refractivity contribution < 1.29 is 12.8 Å². The highest BCUT2D eigenvalue weighted by Gasteiger charge is 2.40. The smallest absolute Gasteiger partial charge is 0.233 e. The molecule has 0 saturated carbocycles. The molecule has 0 aromatic carbocycles. The molecule has 0 amide bonds. The van der Waals surface area contributed by atoms with E-state index in [-0.39, 0.29) is 5.49 Å². The first-order valence-corrected chi connectivity index (χ1v) is 8.79. The fraction of sp³-hybridized carbons (Fsp3) is 1.00. The lowest BCUT2D eigenvalue weighted by atomic mass is 10.4. The van der Waals surface area contributed by atoms with Gasteiger partial charge in [-0.3, -0.25) is 0 Å². The Morgan fingerprint density at radius 3 is 2.38 bits per heavy atom. The van der Waals surface area contributed by atoms with E-state index >= 15 is 0 Å². The lowest BCUT2D eigenvalue weighted by Gasteiger charge is -2.15. The monoisotopic (exact) mass is 228 g/mol. The summed E-state index contributed by atoms with van der Waals surface area (Å²) in [6.07, 6.45) is 4.35. The molecule has 0 unspecified atom stereocenters. The van der Waals surface area contributed by atoms with E-state index < -0.39 is 24.1 Å². The van der Waals surface area contributed by atoms with Crippen molar-refractivity contribution in [3.8, 4) is 0 Å². The lowest BCUT2D eigenvalue weighted by molar-refractivity contribution is 0.470. The number of nitrogens with one attached hydrogen (secondary N) is 1. The largest absolute Gasteiger partial charge is 0.248 e. The average molecular weight is 228 g/mol. The van der Waals surface area contributed by atoms with Gasteiger partial charge >= 0.3 is 0 Å². The fourth-order valence-electron chi connectivity index (χ4n) is 1.77. The molecule has 0 radical (unpaired) electrons. The Balaban J connectivity index is 2.56. The summed E-state index contributed by atoms with van der Waals surface area (Å²) in [4.78, 5) is 0. The second kappa shape index (κ2) is 4.20.